The molecule has 1 N–H and O–H groups in total. The fourth-order valence-corrected chi connectivity index (χ4v) is 0. The molecule has 0 atom stereocenters. The van der Waals surface area contributed by atoms with Crippen LogP contribution >= 0.6 is 0 Å². The largest absolute Gasteiger partial charge is 0.321 e. The molecule has 0 heterocycles. The molecule has 0 aromatic carbocycles. The molecule has 0 aliphatic carbocycles. The Hall–Kier alpha value is 18.2. The smallest absolute Gasteiger partial charge is 0.282 e. The standard InChI is InChI=1S/ClHO3.18Na.18H/c2-1(3)4;;;;;;;;;;;;;;;;;;;;;;;;;;;;;;;;;;;;/h2H;;;;;;;;;;;;;;;;;;;;;;;;;;;;;;;;;;;;. The van der Waals surface area contributed by atoms with E-state index in [0.717, 1.165) is 0 Å². The van der Waals surface area contributed by atoms with Crippen LogP contribution in [0.3, 0.4) is 0 Å². The van der Waals surface area contributed by atoms with Crippen LogP contribution in [0.25, 0.3) is 0 Å². The van der Waals surface area contributed by atoms with Gasteiger partial charge in [0.15, 0.2) is 0 Å². The predicted octanol–water partition coefficient (Wildman–Crippen LogP) is -14.6. The maximum absolute atomic E-state index is 8.52. The van der Waals surface area contributed by atoms with E-state index in [0.29, 0.717) is 0 Å². The first kappa shape index (κ1) is 138. The van der Waals surface area contributed by atoms with Crippen molar-refractivity contribution in [2.75, 3.05) is 0 Å². The van der Waals surface area contributed by atoms with Crippen molar-refractivity contribution in [2.45, 2.75) is 0 Å². The summed E-state index contributed by atoms with van der Waals surface area (Å²) in [7, 11) is -2.60. The molecule has 0 rings (SSSR count). The van der Waals surface area contributed by atoms with Crippen LogP contribution in [0.15, 0.2) is 0 Å². The Bertz CT molecular complexity index is 23.0. The summed E-state index contributed by atoms with van der Waals surface area (Å²) in [6.45, 7) is 0. The molecular weight excluding hydrogens is 497 g/mol. The first-order chi connectivity index (χ1) is 1.73. The zero-order chi connectivity index (χ0) is 3.58. The number of rotatable bonds is 0. The van der Waals surface area contributed by atoms with E-state index in [1.807, 2.05) is 0 Å². The van der Waals surface area contributed by atoms with E-state index in [1.54, 1.807) is 0 Å². The monoisotopic (exact) mass is 516 g/mol. The quantitative estimate of drug-likeness (QED) is 0.326. The first-order valence-electron chi connectivity index (χ1n) is 0.478. The van der Waals surface area contributed by atoms with E-state index >= 15 is 0 Å². The van der Waals surface area contributed by atoms with Crippen LogP contribution in [0.4, 0.5) is 0 Å². The van der Waals surface area contributed by atoms with Crippen LogP contribution in [-0.2, 0) is 0 Å². The average molecular weight is 516 g/mol. The molecular formula is H19ClNa18O3. The zero-order valence-electron chi connectivity index (χ0n) is 1.64. The second kappa shape index (κ2) is 127. The van der Waals surface area contributed by atoms with E-state index in [9.17, 15) is 0 Å². The van der Waals surface area contributed by atoms with Gasteiger partial charge < -0.3 is 9.32 Å². The van der Waals surface area contributed by atoms with E-state index in [1.165, 1.54) is 0 Å². The Morgan fingerprint density at radius 2 is 0.318 bits per heavy atom. The van der Waals surface area contributed by atoms with Gasteiger partial charge in [0.05, 0.1) is 0 Å². The Morgan fingerprint density at radius 3 is 0.318 bits per heavy atom. The molecule has 22 heteroatoms. The van der Waals surface area contributed by atoms with Crippen molar-refractivity contribution in [3.63, 3.8) is 0 Å². The molecule has 0 spiro atoms. The van der Waals surface area contributed by atoms with Gasteiger partial charge in [-0.25, -0.2) is 0 Å². The van der Waals surface area contributed by atoms with E-state index < -0.39 is 10.8 Å². The second-order valence-corrected chi connectivity index (χ2v) is 0.603. The third-order valence-corrected chi connectivity index (χ3v) is 0. The van der Waals surface area contributed by atoms with E-state index in [-0.39, 0.29) is 532 Å². The van der Waals surface area contributed by atoms with Crippen LogP contribution in [0, 0.1) is 10.8 Å². The fourth-order valence-electron chi connectivity index (χ4n) is 0. The second-order valence-electron chi connectivity index (χ2n) is 0.201. The Labute approximate surface area is 537 Å². The summed E-state index contributed by atoms with van der Waals surface area (Å²) in [4.78, 5) is 0. The molecule has 0 unspecified atom stereocenters. The molecule has 22 heavy (non-hydrogen) atoms. The third kappa shape index (κ3) is 160. The van der Waals surface area contributed by atoms with Gasteiger partial charge in [-0.05, 0) is 0 Å². The summed E-state index contributed by atoms with van der Waals surface area (Å²) in [5.41, 5.74) is 0. The molecule has 0 fully saturated rings. The summed E-state index contributed by atoms with van der Waals surface area (Å²) < 4.78 is 24.0. The third-order valence-electron chi connectivity index (χ3n) is 0. The van der Waals surface area contributed by atoms with Crippen molar-refractivity contribution < 1.29 is 24.8 Å². The number of hydrogen-bond donors (Lipinski definition) is 1. The summed E-state index contributed by atoms with van der Waals surface area (Å²) in [6.07, 6.45) is 0. The summed E-state index contributed by atoms with van der Waals surface area (Å²) in [5, 5.41) is 0. The molecule has 0 radical (unpaired) electrons. The van der Waals surface area contributed by atoms with Crippen LogP contribution in [0.5, 0.6) is 0 Å². The molecule has 0 bridgehead atoms. The molecule has 0 aromatic rings. The molecule has 0 saturated carbocycles. The van der Waals surface area contributed by atoms with Crippen molar-refractivity contribution in [1.82, 2.24) is 0 Å². The van der Waals surface area contributed by atoms with Crippen LogP contribution in [0.1, 0.15) is 0 Å². The van der Waals surface area contributed by atoms with E-state index in [4.69, 9.17) is 14.0 Å². The van der Waals surface area contributed by atoms with Gasteiger partial charge in [0.25, 0.3) is 10.8 Å². The van der Waals surface area contributed by atoms with Crippen molar-refractivity contribution in [1.29, 1.82) is 0 Å². The molecule has 0 aromatic heterocycles. The van der Waals surface area contributed by atoms with Crippen LogP contribution < -0.4 is 9.32 Å². The van der Waals surface area contributed by atoms with Gasteiger partial charge in [-0.3, -0.25) is 0 Å². The molecule has 0 aliphatic heterocycles. The molecule has 0 amide bonds. The zero-order valence-corrected chi connectivity index (χ0v) is 2.40. The van der Waals surface area contributed by atoms with Gasteiger partial charge in [0.1, 0.15) is 0 Å². The van der Waals surface area contributed by atoms with Crippen molar-refractivity contribution in [3.05, 3.63) is 0 Å². The molecule has 0 saturated heterocycles. The molecule has 0 aliphatic rings. The number of halogens is 1. The van der Waals surface area contributed by atoms with E-state index in [2.05, 4.69) is 0 Å². The minimum absolute atomic E-state index is 0. The maximum Gasteiger partial charge on any atom is 0.282 e. The Morgan fingerprint density at radius 1 is 0.318 bits per heavy atom. The molecule has 62 valence electrons. The first-order valence-corrected chi connectivity index (χ1v) is 1.43. The van der Waals surface area contributed by atoms with Crippen molar-refractivity contribution in [3.8, 4) is 0 Å². The summed E-state index contributed by atoms with van der Waals surface area (Å²) >= 11 is 0. The SMILES string of the molecule is [NaH].[NaH].[NaH].[NaH].[NaH].[NaH].[NaH].[NaH].[NaH].[NaH].[NaH].[NaH].[NaH].[NaH].[NaH].[NaH].[NaH].[NaH].[O-][Cl+2]([O-])O. The van der Waals surface area contributed by atoms with Crippen LogP contribution in [-0.4, -0.2) is 537 Å². The number of hydrogen-bond acceptors (Lipinski definition) is 3. The van der Waals surface area contributed by atoms with Gasteiger partial charge in [-0.2, -0.15) is 0 Å². The minimum atomic E-state index is -2.60. The normalized spacial score (nSPS) is 1.64. The van der Waals surface area contributed by atoms with Gasteiger partial charge in [0.2, 0.25) is 0 Å². The summed E-state index contributed by atoms with van der Waals surface area (Å²) in [6, 6.07) is 0. The van der Waals surface area contributed by atoms with Crippen molar-refractivity contribution in [2.24, 2.45) is 0 Å². The summed E-state index contributed by atoms with van der Waals surface area (Å²) in [5.74, 6) is 0. The molecule has 3 nitrogen and oxygen atoms in total. The Kier molecular flexibility index (Phi) is 796. The van der Waals surface area contributed by atoms with Crippen LogP contribution in [0.2, 0.25) is 0 Å². The van der Waals surface area contributed by atoms with Gasteiger partial charge in [-0.15, -0.1) is 0 Å². The topological polar surface area (TPSA) is 66.3 Å². The van der Waals surface area contributed by atoms with Gasteiger partial charge >= 0.3 is 532 Å². The van der Waals surface area contributed by atoms with Gasteiger partial charge in [-0.1, -0.05) is 0 Å². The average Bonchev–Trinajstić information content (AvgIpc) is 0.811. The maximum atomic E-state index is 8.52. The van der Waals surface area contributed by atoms with Gasteiger partial charge in [0, 0.05) is 4.66 Å². The minimum Gasteiger partial charge on any atom is -0.321 e. The predicted molar refractivity (Wildman–Crippen MR) is 131 cm³/mol. The van der Waals surface area contributed by atoms with Crippen molar-refractivity contribution >= 4 is 532 Å². The Balaban J connectivity index is -0.000000000294. The fraction of sp³-hybridized carbons (Fsp3) is 0.